The smallest absolute Gasteiger partial charge is 0.328 e. The van der Waals surface area contributed by atoms with Crippen molar-refractivity contribution in [3.8, 4) is 5.75 Å². The Morgan fingerprint density at radius 1 is 1.21 bits per heavy atom. The number of nitrogens with zero attached hydrogens (tertiary/aromatic N) is 2. The van der Waals surface area contributed by atoms with Crippen LogP contribution in [0, 0.1) is 5.82 Å². The van der Waals surface area contributed by atoms with Crippen molar-refractivity contribution in [3.63, 3.8) is 0 Å². The van der Waals surface area contributed by atoms with Crippen LogP contribution in [0.15, 0.2) is 53.1 Å². The minimum absolute atomic E-state index is 0.0308. The molecule has 2 atom stereocenters. The van der Waals surface area contributed by atoms with Gasteiger partial charge >= 0.3 is 5.97 Å². The number of esters is 1. The fourth-order valence-corrected chi connectivity index (χ4v) is 3.55. The number of hydrogen-bond donors (Lipinski definition) is 0. The highest BCUT2D eigenvalue weighted by molar-refractivity contribution is 5.89. The maximum atomic E-state index is 13.9. The van der Waals surface area contributed by atoms with Crippen molar-refractivity contribution in [2.75, 3.05) is 13.7 Å². The van der Waals surface area contributed by atoms with E-state index in [9.17, 15) is 14.0 Å². The minimum atomic E-state index is -0.803. The predicted molar refractivity (Wildman–Crippen MR) is 101 cm³/mol. The number of rotatable bonds is 5. The first-order chi connectivity index (χ1) is 14.1. The van der Waals surface area contributed by atoms with Gasteiger partial charge < -0.3 is 18.9 Å². The number of carbonyl (C=O) groups excluding carboxylic acids is 2. The van der Waals surface area contributed by atoms with Gasteiger partial charge in [0.15, 0.2) is 17.1 Å². The second-order valence-corrected chi connectivity index (χ2v) is 6.79. The van der Waals surface area contributed by atoms with Crippen molar-refractivity contribution in [1.29, 1.82) is 0 Å². The maximum Gasteiger partial charge on any atom is 0.328 e. The second kappa shape index (κ2) is 7.90. The summed E-state index contributed by atoms with van der Waals surface area (Å²) in [6, 6.07) is 12.5. The van der Waals surface area contributed by atoms with Crippen LogP contribution < -0.4 is 4.74 Å². The third-order valence-electron chi connectivity index (χ3n) is 4.96. The molecule has 1 fully saturated rings. The maximum absolute atomic E-state index is 13.9. The van der Waals surface area contributed by atoms with Crippen molar-refractivity contribution in [3.05, 3.63) is 60.0 Å². The monoisotopic (exact) mass is 398 g/mol. The topological polar surface area (TPSA) is 81.9 Å². The SMILES string of the molecule is COC(=O)C1CC(Oc2ccccc2F)CN1C(=O)Cc1noc2ccccc12. The van der Waals surface area contributed by atoms with E-state index in [1.807, 2.05) is 18.2 Å². The molecule has 1 aromatic heterocycles. The van der Waals surface area contributed by atoms with Crippen molar-refractivity contribution >= 4 is 22.8 Å². The van der Waals surface area contributed by atoms with Gasteiger partial charge in [-0.3, -0.25) is 4.79 Å². The Morgan fingerprint density at radius 3 is 2.76 bits per heavy atom. The molecule has 2 aromatic carbocycles. The molecule has 0 bridgehead atoms. The van der Waals surface area contributed by atoms with Gasteiger partial charge in [0, 0.05) is 11.8 Å². The average Bonchev–Trinajstić information content (AvgIpc) is 3.34. The highest BCUT2D eigenvalue weighted by Gasteiger charge is 2.41. The number of methoxy groups -OCH3 is 1. The van der Waals surface area contributed by atoms with Crippen LogP contribution in [-0.2, 0) is 20.7 Å². The second-order valence-electron chi connectivity index (χ2n) is 6.79. The Hall–Kier alpha value is -3.42. The molecular weight excluding hydrogens is 379 g/mol. The van der Waals surface area contributed by atoms with Crippen molar-refractivity contribution in [1.82, 2.24) is 10.1 Å². The molecule has 0 aliphatic carbocycles. The molecule has 150 valence electrons. The van der Waals surface area contributed by atoms with Crippen molar-refractivity contribution < 1.29 is 28.0 Å². The van der Waals surface area contributed by atoms with Crippen LogP contribution in [0.2, 0.25) is 0 Å². The van der Waals surface area contributed by atoms with Gasteiger partial charge in [0.2, 0.25) is 5.91 Å². The lowest BCUT2D eigenvalue weighted by Gasteiger charge is -2.22. The molecule has 7 nitrogen and oxygen atoms in total. The van der Waals surface area contributed by atoms with Gasteiger partial charge in [-0.1, -0.05) is 29.4 Å². The molecule has 29 heavy (non-hydrogen) atoms. The fraction of sp³-hybridized carbons (Fsp3) is 0.286. The molecule has 1 aliphatic heterocycles. The average molecular weight is 398 g/mol. The van der Waals surface area contributed by atoms with E-state index in [4.69, 9.17) is 14.0 Å². The lowest BCUT2D eigenvalue weighted by atomic mass is 10.1. The number of para-hydroxylation sites is 2. The molecular formula is C21H19FN2O5. The summed E-state index contributed by atoms with van der Waals surface area (Å²) in [6.45, 7) is 0.142. The summed E-state index contributed by atoms with van der Waals surface area (Å²) in [4.78, 5) is 26.6. The molecule has 1 amide bonds. The number of amides is 1. The number of hydrogen-bond acceptors (Lipinski definition) is 6. The lowest BCUT2D eigenvalue weighted by molar-refractivity contribution is -0.150. The summed E-state index contributed by atoms with van der Waals surface area (Å²) in [5.41, 5.74) is 1.08. The summed E-state index contributed by atoms with van der Waals surface area (Å²) >= 11 is 0. The van der Waals surface area contributed by atoms with Gasteiger partial charge in [-0.25, -0.2) is 9.18 Å². The highest BCUT2D eigenvalue weighted by Crippen LogP contribution is 2.27. The Kier molecular flexibility index (Phi) is 5.16. The quantitative estimate of drug-likeness (QED) is 0.615. The molecule has 0 spiro atoms. The summed E-state index contributed by atoms with van der Waals surface area (Å²) in [7, 11) is 1.27. The van der Waals surface area contributed by atoms with E-state index < -0.39 is 23.9 Å². The summed E-state index contributed by atoms with van der Waals surface area (Å²) < 4.78 is 29.7. The van der Waals surface area contributed by atoms with Crippen LogP contribution in [0.4, 0.5) is 4.39 Å². The van der Waals surface area contributed by atoms with Gasteiger partial charge in [0.05, 0.1) is 20.1 Å². The van der Waals surface area contributed by atoms with E-state index in [0.29, 0.717) is 11.3 Å². The van der Waals surface area contributed by atoms with E-state index in [1.165, 1.54) is 24.1 Å². The Morgan fingerprint density at radius 2 is 1.97 bits per heavy atom. The summed E-state index contributed by atoms with van der Waals surface area (Å²) in [5, 5.41) is 4.72. The van der Waals surface area contributed by atoms with E-state index in [-0.39, 0.29) is 31.0 Å². The summed E-state index contributed by atoms with van der Waals surface area (Å²) in [6.07, 6.45) is -0.350. The van der Waals surface area contributed by atoms with Gasteiger partial charge in [-0.15, -0.1) is 0 Å². The first-order valence-corrected chi connectivity index (χ1v) is 9.18. The molecule has 3 aromatic rings. The molecule has 0 N–H and O–H groups in total. The molecule has 2 unspecified atom stereocenters. The number of likely N-dealkylation sites (tertiary alicyclic amines) is 1. The van der Waals surface area contributed by atoms with Gasteiger partial charge in [0.1, 0.15) is 17.8 Å². The first kappa shape index (κ1) is 18.9. The largest absolute Gasteiger partial charge is 0.485 e. The molecule has 0 radical (unpaired) electrons. The highest BCUT2D eigenvalue weighted by atomic mass is 19.1. The third-order valence-corrected chi connectivity index (χ3v) is 4.96. The number of benzene rings is 2. The zero-order valence-electron chi connectivity index (χ0n) is 15.7. The number of ether oxygens (including phenoxy) is 2. The lowest BCUT2D eigenvalue weighted by Crippen LogP contribution is -2.42. The van der Waals surface area contributed by atoms with Crippen LogP contribution in [0.1, 0.15) is 12.1 Å². The molecule has 2 heterocycles. The Bertz CT molecular complexity index is 1050. The normalized spacial score (nSPS) is 18.8. The minimum Gasteiger partial charge on any atom is -0.485 e. The zero-order valence-corrected chi connectivity index (χ0v) is 15.7. The van der Waals surface area contributed by atoms with Crippen molar-refractivity contribution in [2.45, 2.75) is 25.0 Å². The number of aromatic nitrogens is 1. The predicted octanol–water partition coefficient (Wildman–Crippen LogP) is 2.73. The molecule has 1 aliphatic rings. The van der Waals surface area contributed by atoms with Crippen LogP contribution >= 0.6 is 0 Å². The fourth-order valence-electron chi connectivity index (χ4n) is 3.55. The van der Waals surface area contributed by atoms with E-state index in [1.54, 1.807) is 18.2 Å². The number of fused-ring (bicyclic) bond motifs is 1. The van der Waals surface area contributed by atoms with E-state index in [0.717, 1.165) is 5.39 Å². The van der Waals surface area contributed by atoms with Crippen molar-refractivity contribution in [2.24, 2.45) is 0 Å². The van der Waals surface area contributed by atoms with Gasteiger partial charge in [-0.2, -0.15) is 0 Å². The third kappa shape index (κ3) is 3.78. The molecule has 1 saturated heterocycles. The molecule has 0 saturated carbocycles. The number of carbonyl (C=O) groups is 2. The standard InChI is InChI=1S/C21H19FN2O5/c1-27-21(26)17-10-13(28-19-9-5-3-7-15(19)22)12-24(17)20(25)11-16-14-6-2-4-8-18(14)29-23-16/h2-9,13,17H,10-12H2,1H3. The Labute approximate surface area is 166 Å². The van der Waals surface area contributed by atoms with Gasteiger partial charge in [0.25, 0.3) is 0 Å². The molecule has 8 heteroatoms. The van der Waals surface area contributed by atoms with E-state index in [2.05, 4.69) is 5.16 Å². The Balaban J connectivity index is 1.52. The molecule has 4 rings (SSSR count). The van der Waals surface area contributed by atoms with Crippen LogP contribution in [-0.4, -0.2) is 47.7 Å². The number of halogens is 1. The summed E-state index contributed by atoms with van der Waals surface area (Å²) in [5.74, 6) is -1.26. The van der Waals surface area contributed by atoms with E-state index >= 15 is 0 Å². The van der Waals surface area contributed by atoms with Gasteiger partial charge in [-0.05, 0) is 24.3 Å². The van der Waals surface area contributed by atoms with Crippen LogP contribution in [0.5, 0.6) is 5.75 Å². The zero-order chi connectivity index (χ0) is 20.4. The van der Waals surface area contributed by atoms with Crippen LogP contribution in [0.25, 0.3) is 11.0 Å². The van der Waals surface area contributed by atoms with Crippen LogP contribution in [0.3, 0.4) is 0 Å². The first-order valence-electron chi connectivity index (χ1n) is 9.18.